The zero-order valence-corrected chi connectivity index (χ0v) is 10.0. The SMILES string of the molecule is Fc1cc(Cl)cc(Br)c1-c1ccccc1. The van der Waals surface area contributed by atoms with Gasteiger partial charge in [0.2, 0.25) is 0 Å². The lowest BCUT2D eigenvalue weighted by molar-refractivity contribution is 0.630. The summed E-state index contributed by atoms with van der Waals surface area (Å²) in [6.45, 7) is 0. The molecule has 2 rings (SSSR count). The Morgan fingerprint density at radius 1 is 1.07 bits per heavy atom. The van der Waals surface area contributed by atoms with E-state index in [2.05, 4.69) is 15.9 Å². The Labute approximate surface area is 101 Å². The van der Waals surface area contributed by atoms with Gasteiger partial charge < -0.3 is 0 Å². The quantitative estimate of drug-likeness (QED) is 0.698. The maximum absolute atomic E-state index is 13.7. The average Bonchev–Trinajstić information content (AvgIpc) is 2.17. The lowest BCUT2D eigenvalue weighted by atomic mass is 10.1. The van der Waals surface area contributed by atoms with Crippen molar-refractivity contribution in [1.82, 2.24) is 0 Å². The van der Waals surface area contributed by atoms with Crippen LogP contribution in [-0.4, -0.2) is 0 Å². The Morgan fingerprint density at radius 2 is 1.73 bits per heavy atom. The molecule has 2 aromatic carbocycles. The Hall–Kier alpha value is -0.860. The minimum Gasteiger partial charge on any atom is -0.206 e. The molecule has 0 amide bonds. The summed E-state index contributed by atoms with van der Waals surface area (Å²) in [5.41, 5.74) is 1.37. The van der Waals surface area contributed by atoms with Gasteiger partial charge in [-0.15, -0.1) is 0 Å². The number of benzene rings is 2. The van der Waals surface area contributed by atoms with Gasteiger partial charge in [-0.25, -0.2) is 4.39 Å². The number of halogens is 3. The topological polar surface area (TPSA) is 0 Å². The second-order valence-electron chi connectivity index (χ2n) is 3.11. The third kappa shape index (κ3) is 2.21. The molecule has 0 aromatic heterocycles. The Bertz CT molecular complexity index is 459. The Balaban J connectivity index is 2.64. The second kappa shape index (κ2) is 4.33. The molecule has 0 radical (unpaired) electrons. The predicted molar refractivity (Wildman–Crippen MR) is 64.5 cm³/mol. The summed E-state index contributed by atoms with van der Waals surface area (Å²) >= 11 is 9.05. The molecule has 0 aliphatic heterocycles. The van der Waals surface area contributed by atoms with E-state index in [9.17, 15) is 4.39 Å². The molecule has 0 saturated carbocycles. The van der Waals surface area contributed by atoms with Gasteiger partial charge in [0.15, 0.2) is 0 Å². The van der Waals surface area contributed by atoms with Crippen LogP contribution in [0.1, 0.15) is 0 Å². The molecule has 0 nitrogen and oxygen atoms in total. The first-order valence-corrected chi connectivity index (χ1v) is 5.55. The maximum atomic E-state index is 13.7. The maximum Gasteiger partial charge on any atom is 0.133 e. The Kier molecular flexibility index (Phi) is 3.08. The van der Waals surface area contributed by atoms with Gasteiger partial charge in [0, 0.05) is 15.1 Å². The molecule has 0 spiro atoms. The fourth-order valence-corrected chi connectivity index (χ4v) is 2.42. The highest BCUT2D eigenvalue weighted by Crippen LogP contribution is 2.33. The third-order valence-electron chi connectivity index (χ3n) is 2.07. The highest BCUT2D eigenvalue weighted by molar-refractivity contribution is 9.10. The molecule has 3 heteroatoms. The van der Waals surface area contributed by atoms with Crippen molar-refractivity contribution in [1.29, 1.82) is 0 Å². The largest absolute Gasteiger partial charge is 0.206 e. The number of hydrogen-bond acceptors (Lipinski definition) is 0. The van der Waals surface area contributed by atoms with E-state index in [1.54, 1.807) is 6.07 Å². The zero-order chi connectivity index (χ0) is 10.8. The molecule has 0 aliphatic carbocycles. The van der Waals surface area contributed by atoms with Crippen LogP contribution < -0.4 is 0 Å². The molecule has 0 saturated heterocycles. The monoisotopic (exact) mass is 284 g/mol. The molecule has 0 bridgehead atoms. The minimum atomic E-state index is -0.319. The molecule has 0 aliphatic rings. The van der Waals surface area contributed by atoms with Crippen LogP contribution in [0.3, 0.4) is 0 Å². The highest BCUT2D eigenvalue weighted by Gasteiger charge is 2.10. The molecule has 76 valence electrons. The smallest absolute Gasteiger partial charge is 0.133 e. The van der Waals surface area contributed by atoms with Crippen LogP contribution >= 0.6 is 27.5 Å². The number of hydrogen-bond donors (Lipinski definition) is 0. The lowest BCUT2D eigenvalue weighted by Crippen LogP contribution is -1.86. The summed E-state index contributed by atoms with van der Waals surface area (Å²) in [6, 6.07) is 12.4. The van der Waals surface area contributed by atoms with Crippen molar-refractivity contribution in [2.45, 2.75) is 0 Å². The first-order valence-electron chi connectivity index (χ1n) is 4.38. The molecular weight excluding hydrogens is 278 g/mol. The third-order valence-corrected chi connectivity index (χ3v) is 2.91. The summed E-state index contributed by atoms with van der Waals surface area (Å²) in [7, 11) is 0. The molecule has 0 unspecified atom stereocenters. The van der Waals surface area contributed by atoms with Crippen molar-refractivity contribution in [2.75, 3.05) is 0 Å². The summed E-state index contributed by atoms with van der Waals surface area (Å²) in [5.74, 6) is -0.319. The van der Waals surface area contributed by atoms with Crippen LogP contribution in [0.4, 0.5) is 4.39 Å². The van der Waals surface area contributed by atoms with Crippen molar-refractivity contribution < 1.29 is 4.39 Å². The van der Waals surface area contributed by atoms with Crippen LogP contribution in [0.5, 0.6) is 0 Å². The van der Waals surface area contributed by atoms with Crippen molar-refractivity contribution in [2.24, 2.45) is 0 Å². The fourth-order valence-electron chi connectivity index (χ4n) is 1.42. The molecule has 0 N–H and O–H groups in total. The fraction of sp³-hybridized carbons (Fsp3) is 0. The van der Waals surface area contributed by atoms with Crippen molar-refractivity contribution >= 4 is 27.5 Å². The van der Waals surface area contributed by atoms with E-state index < -0.39 is 0 Å². The van der Waals surface area contributed by atoms with E-state index in [0.717, 1.165) is 5.56 Å². The van der Waals surface area contributed by atoms with Gasteiger partial charge >= 0.3 is 0 Å². The summed E-state index contributed by atoms with van der Waals surface area (Å²) < 4.78 is 14.3. The Morgan fingerprint density at radius 3 is 2.33 bits per heavy atom. The zero-order valence-electron chi connectivity index (χ0n) is 7.68. The first kappa shape index (κ1) is 10.7. The standard InChI is InChI=1S/C12H7BrClF/c13-10-6-9(14)7-11(15)12(10)8-4-2-1-3-5-8/h1-7H. The van der Waals surface area contributed by atoms with Gasteiger partial charge in [-0.3, -0.25) is 0 Å². The van der Waals surface area contributed by atoms with E-state index in [4.69, 9.17) is 11.6 Å². The van der Waals surface area contributed by atoms with Crippen molar-refractivity contribution in [3.8, 4) is 11.1 Å². The average molecular weight is 286 g/mol. The highest BCUT2D eigenvalue weighted by atomic mass is 79.9. The summed E-state index contributed by atoms with van der Waals surface area (Å²) in [6.07, 6.45) is 0. The summed E-state index contributed by atoms with van der Waals surface area (Å²) in [4.78, 5) is 0. The normalized spacial score (nSPS) is 10.3. The van der Waals surface area contributed by atoms with Crippen LogP contribution in [0.25, 0.3) is 11.1 Å². The summed E-state index contributed by atoms with van der Waals surface area (Å²) in [5, 5.41) is 0.388. The van der Waals surface area contributed by atoms with Crippen LogP contribution in [0, 0.1) is 5.82 Å². The van der Waals surface area contributed by atoms with E-state index in [1.165, 1.54) is 6.07 Å². The van der Waals surface area contributed by atoms with E-state index in [1.807, 2.05) is 30.3 Å². The van der Waals surface area contributed by atoms with Crippen LogP contribution in [0.2, 0.25) is 5.02 Å². The van der Waals surface area contributed by atoms with Crippen LogP contribution in [-0.2, 0) is 0 Å². The molecule has 2 aromatic rings. The van der Waals surface area contributed by atoms with Crippen molar-refractivity contribution in [3.05, 3.63) is 57.8 Å². The second-order valence-corrected chi connectivity index (χ2v) is 4.40. The predicted octanol–water partition coefficient (Wildman–Crippen LogP) is 4.91. The molecule has 0 fully saturated rings. The van der Waals surface area contributed by atoms with Gasteiger partial charge in [-0.2, -0.15) is 0 Å². The minimum absolute atomic E-state index is 0.319. The number of rotatable bonds is 1. The van der Waals surface area contributed by atoms with Gasteiger partial charge in [-0.05, 0) is 33.6 Å². The van der Waals surface area contributed by atoms with Gasteiger partial charge in [-0.1, -0.05) is 41.9 Å². The van der Waals surface area contributed by atoms with E-state index in [-0.39, 0.29) is 5.82 Å². The molecular formula is C12H7BrClF. The van der Waals surface area contributed by atoms with Gasteiger partial charge in [0.05, 0.1) is 0 Å². The first-order chi connectivity index (χ1) is 7.18. The van der Waals surface area contributed by atoms with Crippen LogP contribution in [0.15, 0.2) is 46.9 Å². The molecule has 15 heavy (non-hydrogen) atoms. The molecule has 0 atom stereocenters. The van der Waals surface area contributed by atoms with E-state index in [0.29, 0.717) is 15.1 Å². The van der Waals surface area contributed by atoms with E-state index >= 15 is 0 Å². The molecule has 0 heterocycles. The van der Waals surface area contributed by atoms with Gasteiger partial charge in [0.1, 0.15) is 5.82 Å². The van der Waals surface area contributed by atoms with Crippen molar-refractivity contribution in [3.63, 3.8) is 0 Å². The van der Waals surface area contributed by atoms with Gasteiger partial charge in [0.25, 0.3) is 0 Å². The lowest BCUT2D eigenvalue weighted by Gasteiger charge is -2.06.